The van der Waals surface area contributed by atoms with E-state index in [0.29, 0.717) is 24.9 Å². The highest BCUT2D eigenvalue weighted by atomic mass is 35.5. The molecule has 1 fully saturated rings. The van der Waals surface area contributed by atoms with E-state index in [1.54, 1.807) is 0 Å². The average molecular weight is 388 g/mol. The van der Waals surface area contributed by atoms with Gasteiger partial charge in [0.25, 0.3) is 0 Å². The number of likely N-dealkylation sites (tertiary alicyclic amines) is 1. The first-order valence-corrected chi connectivity index (χ1v) is 9.38. The van der Waals surface area contributed by atoms with Gasteiger partial charge in [0, 0.05) is 32.6 Å². The summed E-state index contributed by atoms with van der Waals surface area (Å²) in [7, 11) is 1.89. The van der Waals surface area contributed by atoms with Crippen LogP contribution in [0.3, 0.4) is 0 Å². The smallest absolute Gasteiger partial charge is 0.239 e. The summed E-state index contributed by atoms with van der Waals surface area (Å²) in [6, 6.07) is 20.5. The van der Waals surface area contributed by atoms with Crippen LogP contribution < -0.4 is 5.73 Å². The summed E-state index contributed by atoms with van der Waals surface area (Å²) in [6.45, 7) is 5.07. The Kier molecular flexibility index (Phi) is 7.84. The van der Waals surface area contributed by atoms with Gasteiger partial charge < -0.3 is 10.6 Å². The Hall–Kier alpha value is -1.88. The summed E-state index contributed by atoms with van der Waals surface area (Å²) < 4.78 is 0. The number of nitrogens with zero attached hydrogens (tertiary/aromatic N) is 2. The molecule has 1 unspecified atom stereocenters. The number of rotatable bonds is 6. The molecule has 27 heavy (non-hydrogen) atoms. The summed E-state index contributed by atoms with van der Waals surface area (Å²) in [5, 5.41) is 0. The van der Waals surface area contributed by atoms with E-state index in [2.05, 4.69) is 41.3 Å². The Labute approximate surface area is 168 Å². The maximum atomic E-state index is 12.9. The van der Waals surface area contributed by atoms with Crippen LogP contribution in [0.15, 0.2) is 60.7 Å². The third-order valence-electron chi connectivity index (χ3n) is 5.54. The van der Waals surface area contributed by atoms with Crippen LogP contribution in [0, 0.1) is 5.92 Å². The summed E-state index contributed by atoms with van der Waals surface area (Å²) in [6.07, 6.45) is 0. The highest BCUT2D eigenvalue weighted by Crippen LogP contribution is 2.33. The van der Waals surface area contributed by atoms with Crippen molar-refractivity contribution in [2.45, 2.75) is 25.4 Å². The maximum Gasteiger partial charge on any atom is 0.239 e. The van der Waals surface area contributed by atoms with Gasteiger partial charge in [0.2, 0.25) is 5.91 Å². The Bertz CT molecular complexity index is 710. The van der Waals surface area contributed by atoms with E-state index in [0.717, 1.165) is 18.7 Å². The number of likely N-dealkylation sites (N-methyl/N-ethyl adjacent to an activating group) is 1. The van der Waals surface area contributed by atoms with Crippen molar-refractivity contribution in [3.63, 3.8) is 0 Å². The minimum Gasteiger partial charge on any atom is -0.340 e. The first-order chi connectivity index (χ1) is 12.6. The van der Waals surface area contributed by atoms with E-state index in [-0.39, 0.29) is 24.4 Å². The molecule has 1 heterocycles. The first kappa shape index (κ1) is 21.4. The van der Waals surface area contributed by atoms with Gasteiger partial charge in [-0.2, -0.15) is 0 Å². The van der Waals surface area contributed by atoms with Crippen LogP contribution in [-0.2, 0) is 11.3 Å². The van der Waals surface area contributed by atoms with Gasteiger partial charge in [0.1, 0.15) is 0 Å². The van der Waals surface area contributed by atoms with Crippen LogP contribution in [0.4, 0.5) is 0 Å². The molecule has 1 aliphatic heterocycles. The van der Waals surface area contributed by atoms with E-state index in [1.165, 1.54) is 5.56 Å². The van der Waals surface area contributed by atoms with Gasteiger partial charge in [-0.1, -0.05) is 60.7 Å². The van der Waals surface area contributed by atoms with E-state index >= 15 is 0 Å². The second kappa shape index (κ2) is 9.88. The summed E-state index contributed by atoms with van der Waals surface area (Å²) in [5.74, 6) is 0.960. The van der Waals surface area contributed by atoms with Crippen molar-refractivity contribution < 1.29 is 4.79 Å². The van der Waals surface area contributed by atoms with Gasteiger partial charge in [-0.25, -0.2) is 0 Å². The molecule has 0 radical (unpaired) electrons. The van der Waals surface area contributed by atoms with Crippen LogP contribution in [-0.4, -0.2) is 48.4 Å². The van der Waals surface area contributed by atoms with E-state index < -0.39 is 0 Å². The van der Waals surface area contributed by atoms with Crippen molar-refractivity contribution in [2.24, 2.45) is 11.7 Å². The molecule has 3 atom stereocenters. The van der Waals surface area contributed by atoms with Crippen molar-refractivity contribution in [1.82, 2.24) is 9.80 Å². The molecule has 0 spiro atoms. The number of carbonyl (C=O) groups is 1. The van der Waals surface area contributed by atoms with Crippen molar-refractivity contribution in [1.29, 1.82) is 0 Å². The SMILES string of the molecule is CC(C(=O)N(C)Cc1ccccc1)N1C[C@@H](CN)[C@H](c2ccccc2)C1.Cl. The standard InChI is InChI=1S/C22H29N3O.ClH/c1-17(22(26)24(2)14-18-9-5-3-6-10-18)25-15-20(13-23)21(16-25)19-11-7-4-8-12-19;/h3-12,17,20-21H,13-16,23H2,1-2H3;1H/t17?,20-,21+;/m1./s1. The van der Waals surface area contributed by atoms with Gasteiger partial charge in [-0.3, -0.25) is 9.69 Å². The number of amides is 1. The number of hydrogen-bond donors (Lipinski definition) is 1. The molecule has 0 aliphatic carbocycles. The molecule has 3 rings (SSSR count). The molecule has 2 aromatic carbocycles. The summed E-state index contributed by atoms with van der Waals surface area (Å²) in [4.78, 5) is 17.0. The number of benzene rings is 2. The quantitative estimate of drug-likeness (QED) is 0.828. The fourth-order valence-electron chi connectivity index (χ4n) is 3.95. The Morgan fingerprint density at radius 1 is 1.11 bits per heavy atom. The van der Waals surface area contributed by atoms with Crippen LogP contribution in [0.1, 0.15) is 24.0 Å². The topological polar surface area (TPSA) is 49.6 Å². The molecule has 0 saturated carbocycles. The number of hydrogen-bond acceptors (Lipinski definition) is 3. The zero-order chi connectivity index (χ0) is 18.5. The minimum atomic E-state index is -0.133. The van der Waals surface area contributed by atoms with Crippen LogP contribution >= 0.6 is 12.4 Å². The highest BCUT2D eigenvalue weighted by molar-refractivity contribution is 5.85. The fraction of sp³-hybridized carbons (Fsp3) is 0.409. The fourth-order valence-corrected chi connectivity index (χ4v) is 3.95. The van der Waals surface area contributed by atoms with Crippen molar-refractivity contribution in [3.8, 4) is 0 Å². The van der Waals surface area contributed by atoms with Gasteiger partial charge in [0.15, 0.2) is 0 Å². The minimum absolute atomic E-state index is 0. The number of carbonyl (C=O) groups excluding carboxylic acids is 1. The zero-order valence-corrected chi connectivity index (χ0v) is 16.9. The van der Waals surface area contributed by atoms with Gasteiger partial charge in [-0.05, 0) is 30.5 Å². The second-order valence-corrected chi connectivity index (χ2v) is 7.32. The molecule has 1 amide bonds. The van der Waals surface area contributed by atoms with Crippen molar-refractivity contribution in [2.75, 3.05) is 26.7 Å². The van der Waals surface area contributed by atoms with E-state index in [4.69, 9.17) is 5.73 Å². The summed E-state index contributed by atoms with van der Waals surface area (Å²) >= 11 is 0. The molecule has 4 nitrogen and oxygen atoms in total. The largest absolute Gasteiger partial charge is 0.340 e. The van der Waals surface area contributed by atoms with Gasteiger partial charge in [-0.15, -0.1) is 12.4 Å². The lowest BCUT2D eigenvalue weighted by atomic mass is 9.89. The second-order valence-electron chi connectivity index (χ2n) is 7.32. The van der Waals surface area contributed by atoms with Crippen LogP contribution in [0.5, 0.6) is 0 Å². The molecule has 1 aliphatic rings. The van der Waals surface area contributed by atoms with E-state index in [1.807, 2.05) is 43.1 Å². The average Bonchev–Trinajstić information content (AvgIpc) is 3.12. The Balaban J connectivity index is 0.00000261. The highest BCUT2D eigenvalue weighted by Gasteiger charge is 2.37. The molecule has 2 aromatic rings. The molecular weight excluding hydrogens is 358 g/mol. The Morgan fingerprint density at radius 2 is 1.70 bits per heavy atom. The van der Waals surface area contributed by atoms with E-state index in [9.17, 15) is 4.79 Å². The Morgan fingerprint density at radius 3 is 2.30 bits per heavy atom. The lowest BCUT2D eigenvalue weighted by Crippen LogP contribution is -2.44. The van der Waals surface area contributed by atoms with Crippen LogP contribution in [0.25, 0.3) is 0 Å². The van der Waals surface area contributed by atoms with Crippen molar-refractivity contribution >= 4 is 18.3 Å². The number of halogens is 1. The molecule has 0 aromatic heterocycles. The third-order valence-corrected chi connectivity index (χ3v) is 5.54. The molecular formula is C22H30ClN3O. The predicted octanol–water partition coefficient (Wildman–Crippen LogP) is 3.13. The molecule has 2 N–H and O–H groups in total. The molecule has 0 bridgehead atoms. The van der Waals surface area contributed by atoms with Crippen molar-refractivity contribution in [3.05, 3.63) is 71.8 Å². The van der Waals surface area contributed by atoms with Gasteiger partial charge in [0.05, 0.1) is 6.04 Å². The normalized spacial score (nSPS) is 20.7. The molecule has 146 valence electrons. The zero-order valence-electron chi connectivity index (χ0n) is 16.1. The summed E-state index contributed by atoms with van der Waals surface area (Å²) in [5.41, 5.74) is 8.51. The van der Waals surface area contributed by atoms with Gasteiger partial charge >= 0.3 is 0 Å². The monoisotopic (exact) mass is 387 g/mol. The third kappa shape index (κ3) is 5.10. The first-order valence-electron chi connectivity index (χ1n) is 9.38. The molecule has 1 saturated heterocycles. The lowest BCUT2D eigenvalue weighted by molar-refractivity contribution is -0.135. The lowest BCUT2D eigenvalue weighted by Gasteiger charge is -2.28. The van der Waals surface area contributed by atoms with Crippen LogP contribution in [0.2, 0.25) is 0 Å². The number of nitrogens with two attached hydrogens (primary N) is 1. The maximum absolute atomic E-state index is 12.9. The molecule has 5 heteroatoms. The predicted molar refractivity (Wildman–Crippen MR) is 113 cm³/mol.